The summed E-state index contributed by atoms with van der Waals surface area (Å²) in [5.41, 5.74) is 6.39. The Hall–Kier alpha value is -3.71. The topological polar surface area (TPSA) is 68.2 Å². The molecule has 3 heterocycles. The Balaban J connectivity index is 1.71. The van der Waals surface area contributed by atoms with Crippen molar-refractivity contribution in [1.29, 1.82) is 0 Å². The minimum atomic E-state index is -0.988. The first-order valence-electron chi connectivity index (χ1n) is 10.7. The van der Waals surface area contributed by atoms with Crippen LogP contribution in [0.15, 0.2) is 71.6 Å². The van der Waals surface area contributed by atoms with Gasteiger partial charge in [-0.25, -0.2) is 4.68 Å². The van der Waals surface area contributed by atoms with Crippen molar-refractivity contribution in [2.75, 3.05) is 17.7 Å². The quantitative estimate of drug-likeness (QED) is 0.416. The summed E-state index contributed by atoms with van der Waals surface area (Å²) in [6.07, 6.45) is 0. The number of para-hydroxylation sites is 1. The van der Waals surface area contributed by atoms with Crippen LogP contribution >= 0.6 is 11.8 Å². The Labute approximate surface area is 196 Å². The van der Waals surface area contributed by atoms with Gasteiger partial charge in [-0.1, -0.05) is 47.7 Å². The molecule has 33 heavy (non-hydrogen) atoms. The molecule has 0 aliphatic carbocycles. The molecule has 4 aromatic rings. The molecule has 2 aliphatic heterocycles. The zero-order valence-electron chi connectivity index (χ0n) is 18.5. The summed E-state index contributed by atoms with van der Waals surface area (Å²) in [6, 6.07) is 22.0. The van der Waals surface area contributed by atoms with Gasteiger partial charge in [-0.05, 0) is 50.2 Å². The summed E-state index contributed by atoms with van der Waals surface area (Å²) in [5, 5.41) is 11.6. The van der Waals surface area contributed by atoms with Crippen LogP contribution in [0.2, 0.25) is 0 Å². The number of hydrogen-bond acceptors (Lipinski definition) is 5. The molecule has 1 unspecified atom stereocenters. The molecule has 0 saturated carbocycles. The largest absolute Gasteiger partial charge is 0.497 e. The van der Waals surface area contributed by atoms with E-state index in [0.717, 1.165) is 55.9 Å². The molecule has 3 aromatic carbocycles. The van der Waals surface area contributed by atoms with Crippen LogP contribution in [0.1, 0.15) is 22.4 Å². The lowest BCUT2D eigenvalue weighted by molar-refractivity contribution is -0.117. The van der Waals surface area contributed by atoms with E-state index in [1.165, 1.54) is 11.8 Å². The highest BCUT2D eigenvalue weighted by molar-refractivity contribution is 8.01. The van der Waals surface area contributed by atoms with Crippen LogP contribution in [0, 0.1) is 13.8 Å². The number of nitrogens with zero attached hydrogens (tertiary/aromatic N) is 2. The third-order valence-electron chi connectivity index (χ3n) is 6.24. The van der Waals surface area contributed by atoms with Crippen LogP contribution in [0.25, 0.3) is 5.69 Å². The van der Waals surface area contributed by atoms with Crippen molar-refractivity contribution in [2.24, 2.45) is 0 Å². The molecule has 1 amide bonds. The SMILES string of the molecule is COc1ccc2c(c1)SC1(C(=O)Nc3ccc(C)cc31)c1c(C)nn(-c3ccccc3)c1N2. The van der Waals surface area contributed by atoms with Gasteiger partial charge in [0.25, 0.3) is 0 Å². The molecule has 6 nitrogen and oxygen atoms in total. The van der Waals surface area contributed by atoms with E-state index in [1.807, 2.05) is 72.3 Å². The number of aryl methyl sites for hydroxylation is 2. The maximum absolute atomic E-state index is 13.9. The van der Waals surface area contributed by atoms with Crippen molar-refractivity contribution in [1.82, 2.24) is 9.78 Å². The Kier molecular flexibility index (Phi) is 4.32. The molecule has 0 radical (unpaired) electrons. The summed E-state index contributed by atoms with van der Waals surface area (Å²) in [4.78, 5) is 14.8. The van der Waals surface area contributed by atoms with Gasteiger partial charge in [-0.2, -0.15) is 5.10 Å². The minimum Gasteiger partial charge on any atom is -0.497 e. The van der Waals surface area contributed by atoms with Crippen molar-refractivity contribution < 1.29 is 9.53 Å². The third-order valence-corrected chi connectivity index (χ3v) is 7.71. The summed E-state index contributed by atoms with van der Waals surface area (Å²) in [5.74, 6) is 1.47. The van der Waals surface area contributed by atoms with E-state index in [2.05, 4.69) is 23.6 Å². The number of thioether (sulfide) groups is 1. The minimum absolute atomic E-state index is 0.0671. The maximum Gasteiger partial charge on any atom is 0.250 e. The summed E-state index contributed by atoms with van der Waals surface area (Å²) >= 11 is 1.53. The van der Waals surface area contributed by atoms with Gasteiger partial charge in [0.1, 0.15) is 11.6 Å². The standard InChI is InChI=1S/C26H22N4O2S/c1-15-9-11-20-19(13-15)26(25(31)28-20)23-16(2)29-30(17-7-5-4-6-8-17)24(23)27-21-12-10-18(32-3)14-22(21)33-26/h4-14,27H,1-3H3,(H,28,31). The van der Waals surface area contributed by atoms with Crippen LogP contribution in [-0.2, 0) is 9.54 Å². The first-order valence-corrected chi connectivity index (χ1v) is 11.5. The number of nitrogens with one attached hydrogen (secondary N) is 2. The number of aromatic nitrogens is 2. The molecule has 0 fully saturated rings. The number of methoxy groups -OCH3 is 1. The van der Waals surface area contributed by atoms with Gasteiger partial charge in [0.15, 0.2) is 4.75 Å². The number of ether oxygens (including phenoxy) is 1. The highest BCUT2D eigenvalue weighted by Gasteiger charge is 2.54. The third kappa shape index (κ3) is 2.82. The molecule has 0 bridgehead atoms. The molecule has 2 aliphatic rings. The monoisotopic (exact) mass is 454 g/mol. The predicted octanol–water partition coefficient (Wildman–Crippen LogP) is 5.54. The fourth-order valence-electron chi connectivity index (χ4n) is 4.72. The van der Waals surface area contributed by atoms with E-state index in [4.69, 9.17) is 9.84 Å². The lowest BCUT2D eigenvalue weighted by atomic mass is 9.90. The molecular formula is C26H22N4O2S. The zero-order chi connectivity index (χ0) is 22.7. The Bertz CT molecular complexity index is 1430. The van der Waals surface area contributed by atoms with Gasteiger partial charge < -0.3 is 15.4 Å². The van der Waals surface area contributed by atoms with Gasteiger partial charge in [-0.15, -0.1) is 0 Å². The Morgan fingerprint density at radius 1 is 0.970 bits per heavy atom. The lowest BCUT2D eigenvalue weighted by Crippen LogP contribution is -2.32. The normalized spacial score (nSPS) is 18.1. The fraction of sp³-hybridized carbons (Fsp3) is 0.154. The molecular weight excluding hydrogens is 432 g/mol. The van der Waals surface area contributed by atoms with Crippen molar-refractivity contribution in [3.05, 3.63) is 89.1 Å². The summed E-state index contributed by atoms with van der Waals surface area (Å²) in [7, 11) is 1.65. The average Bonchev–Trinajstić information content (AvgIpc) is 3.22. The summed E-state index contributed by atoms with van der Waals surface area (Å²) in [6.45, 7) is 4.02. The van der Waals surface area contributed by atoms with Crippen LogP contribution in [0.3, 0.4) is 0 Å². The lowest BCUT2D eigenvalue weighted by Gasteiger charge is -2.26. The van der Waals surface area contributed by atoms with E-state index in [9.17, 15) is 4.79 Å². The second-order valence-corrected chi connectivity index (χ2v) is 9.59. The van der Waals surface area contributed by atoms with Crippen molar-refractivity contribution in [3.63, 3.8) is 0 Å². The number of carbonyl (C=O) groups excluding carboxylic acids is 1. The molecule has 164 valence electrons. The van der Waals surface area contributed by atoms with Crippen molar-refractivity contribution >= 4 is 34.9 Å². The highest BCUT2D eigenvalue weighted by Crippen LogP contribution is 2.59. The van der Waals surface area contributed by atoms with Crippen LogP contribution in [0.4, 0.5) is 17.2 Å². The Morgan fingerprint density at radius 3 is 2.55 bits per heavy atom. The second-order valence-electron chi connectivity index (χ2n) is 8.33. The number of amides is 1. The Morgan fingerprint density at radius 2 is 1.76 bits per heavy atom. The van der Waals surface area contributed by atoms with E-state index < -0.39 is 4.75 Å². The van der Waals surface area contributed by atoms with Crippen LogP contribution < -0.4 is 15.4 Å². The molecule has 1 spiro atoms. The summed E-state index contributed by atoms with van der Waals surface area (Å²) < 4.78 is 6.41. The number of fused-ring (bicyclic) bond motifs is 5. The highest BCUT2D eigenvalue weighted by atomic mass is 32.2. The van der Waals surface area contributed by atoms with Crippen LogP contribution in [0.5, 0.6) is 5.75 Å². The number of rotatable bonds is 2. The number of benzene rings is 3. The molecule has 7 heteroatoms. The smallest absolute Gasteiger partial charge is 0.250 e. The maximum atomic E-state index is 13.9. The van der Waals surface area contributed by atoms with E-state index >= 15 is 0 Å². The molecule has 1 aromatic heterocycles. The number of carbonyl (C=O) groups is 1. The molecule has 1 atom stereocenters. The van der Waals surface area contributed by atoms with E-state index in [-0.39, 0.29) is 5.91 Å². The number of hydrogen-bond donors (Lipinski definition) is 2. The number of anilines is 3. The van der Waals surface area contributed by atoms with Crippen molar-refractivity contribution in [2.45, 2.75) is 23.5 Å². The molecule has 6 rings (SSSR count). The average molecular weight is 455 g/mol. The predicted molar refractivity (Wildman–Crippen MR) is 131 cm³/mol. The first kappa shape index (κ1) is 19.9. The fourth-order valence-corrected chi connectivity index (χ4v) is 6.22. The van der Waals surface area contributed by atoms with Gasteiger partial charge in [0.05, 0.1) is 24.2 Å². The van der Waals surface area contributed by atoms with E-state index in [1.54, 1.807) is 7.11 Å². The van der Waals surface area contributed by atoms with Gasteiger partial charge in [-0.3, -0.25) is 4.79 Å². The molecule has 2 N–H and O–H groups in total. The van der Waals surface area contributed by atoms with E-state index in [0.29, 0.717) is 0 Å². The van der Waals surface area contributed by atoms with Crippen molar-refractivity contribution in [3.8, 4) is 11.4 Å². The first-order chi connectivity index (χ1) is 16.0. The van der Waals surface area contributed by atoms with Gasteiger partial charge in [0, 0.05) is 21.7 Å². The zero-order valence-corrected chi connectivity index (χ0v) is 19.3. The van der Waals surface area contributed by atoms with Gasteiger partial charge in [0.2, 0.25) is 5.91 Å². The second kappa shape index (κ2) is 7.15. The van der Waals surface area contributed by atoms with Gasteiger partial charge >= 0.3 is 0 Å². The van der Waals surface area contributed by atoms with Crippen LogP contribution in [-0.4, -0.2) is 22.8 Å². The molecule has 0 saturated heterocycles.